The summed E-state index contributed by atoms with van der Waals surface area (Å²) < 4.78 is 11.2. The molecule has 1 fully saturated rings. The minimum atomic E-state index is -0.202. The summed E-state index contributed by atoms with van der Waals surface area (Å²) in [5, 5.41) is 15.2. The minimum absolute atomic E-state index is 0.0473. The van der Waals surface area contributed by atoms with Crippen LogP contribution in [0.25, 0.3) is 0 Å². The number of nitrogens with one attached hydrogen (secondary N) is 2. The highest BCUT2D eigenvalue weighted by Gasteiger charge is 2.15. The molecule has 0 radical (unpaired) electrons. The first kappa shape index (κ1) is 20.4. The van der Waals surface area contributed by atoms with E-state index in [1.54, 1.807) is 24.3 Å². The molecule has 1 aliphatic rings. The number of aliphatic hydroxyl groups is 1. The van der Waals surface area contributed by atoms with E-state index in [1.165, 1.54) is 5.54 Å². The van der Waals surface area contributed by atoms with Crippen molar-refractivity contribution in [3.8, 4) is 5.75 Å². The summed E-state index contributed by atoms with van der Waals surface area (Å²) in [6, 6.07) is 14.5. The third-order valence-electron chi connectivity index (χ3n) is 4.37. The first-order valence-electron chi connectivity index (χ1n) is 9.05. The Bertz CT molecular complexity index is 800. The lowest BCUT2D eigenvalue weighted by atomic mass is 10.1. The number of aliphatic hydroxyl groups excluding tert-OH is 1. The average molecular weight is 403 g/mol. The molecule has 28 heavy (non-hydrogen) atoms. The second-order valence-electron chi connectivity index (χ2n) is 6.38. The lowest BCUT2D eigenvalue weighted by molar-refractivity contribution is 0.0277. The molecule has 148 valence electrons. The van der Waals surface area contributed by atoms with Crippen LogP contribution in [0.3, 0.4) is 0 Å². The Morgan fingerprint density at radius 1 is 1.25 bits per heavy atom. The molecule has 0 aromatic heterocycles. The quantitative estimate of drug-likeness (QED) is 0.663. The van der Waals surface area contributed by atoms with E-state index in [0.717, 1.165) is 24.3 Å². The highest BCUT2D eigenvalue weighted by Crippen LogP contribution is 2.21. The van der Waals surface area contributed by atoms with E-state index in [0.29, 0.717) is 23.5 Å². The second kappa shape index (κ2) is 10.2. The van der Waals surface area contributed by atoms with Gasteiger partial charge in [-0.3, -0.25) is 4.79 Å². The zero-order chi connectivity index (χ0) is 19.8. The lowest BCUT2D eigenvalue weighted by Crippen LogP contribution is -2.33. The predicted molar refractivity (Wildman–Crippen MR) is 109 cm³/mol. The summed E-state index contributed by atoms with van der Waals surface area (Å²) in [6.07, 6.45) is 0.0473. The fraction of sp³-hybridized carbons (Fsp3) is 0.286. The monoisotopic (exact) mass is 402 g/mol. The molecule has 0 saturated carbocycles. The van der Waals surface area contributed by atoms with Crippen LogP contribution in [0, 0.1) is 0 Å². The molecule has 1 amide bonds. The Kier molecular flexibility index (Phi) is 7.45. The van der Waals surface area contributed by atoms with E-state index in [4.69, 9.17) is 26.2 Å². The zero-order valence-corrected chi connectivity index (χ0v) is 16.1. The van der Waals surface area contributed by atoms with Gasteiger partial charge in [-0.15, -0.1) is 0 Å². The van der Waals surface area contributed by atoms with Crippen molar-refractivity contribution in [3.05, 3.63) is 70.8 Å². The number of ether oxygens (including phenoxy) is 2. The topological polar surface area (TPSA) is 79.8 Å². The Morgan fingerprint density at radius 2 is 2.00 bits per heavy atom. The van der Waals surface area contributed by atoms with E-state index in [1.807, 2.05) is 24.3 Å². The summed E-state index contributed by atoms with van der Waals surface area (Å²) >= 11 is 5.57. The smallest absolute Gasteiger partial charge is 0.255 e. The van der Waals surface area contributed by atoms with Gasteiger partial charge in [0.25, 0.3) is 5.91 Å². The van der Waals surface area contributed by atoms with Crippen molar-refractivity contribution in [2.24, 2.45) is 0 Å². The first-order valence-corrected chi connectivity index (χ1v) is 9.48. The van der Waals surface area contributed by atoms with Crippen LogP contribution in [0.1, 0.15) is 22.0 Å². The van der Waals surface area contributed by atoms with E-state index >= 15 is 0 Å². The summed E-state index contributed by atoms with van der Waals surface area (Å²) in [6.45, 7) is 2.40. The predicted octanol–water partition coefficient (Wildman–Crippen LogP) is 3.09. The van der Waals surface area contributed by atoms with Crippen molar-refractivity contribution < 1.29 is 19.4 Å². The number of carbonyl (C=O) groups is 1. The highest BCUT2D eigenvalue weighted by atomic mass is 35.5. The number of rotatable bonds is 7. The lowest BCUT2D eigenvalue weighted by Gasteiger charge is -2.24. The second-order valence-corrected chi connectivity index (χ2v) is 6.60. The van der Waals surface area contributed by atoms with Crippen molar-refractivity contribution in [2.45, 2.75) is 6.10 Å². The van der Waals surface area contributed by atoms with Crippen molar-refractivity contribution in [3.63, 3.8) is 0 Å². The van der Waals surface area contributed by atoms with Gasteiger partial charge >= 0.3 is 0 Å². The molecular weight excluding hydrogens is 380 g/mol. The third kappa shape index (κ3) is 5.56. The van der Waals surface area contributed by atoms with E-state index < -0.39 is 0 Å². The maximum absolute atomic E-state index is 12.4. The van der Waals surface area contributed by atoms with Crippen LogP contribution in [-0.4, -0.2) is 43.9 Å². The normalized spacial score (nSPS) is 17.2. The summed E-state index contributed by atoms with van der Waals surface area (Å²) in [5.41, 5.74) is 4.19. The SMILES string of the molecule is O=C(Nc1ccc(C2CNCCO2)cc1)c1ccc(OC/C(=C\Cl)CO)cc1. The molecule has 1 saturated heterocycles. The van der Waals surface area contributed by atoms with Crippen LogP contribution in [0.15, 0.2) is 59.6 Å². The molecule has 0 spiro atoms. The maximum Gasteiger partial charge on any atom is 0.255 e. The van der Waals surface area contributed by atoms with Crippen LogP contribution >= 0.6 is 11.6 Å². The van der Waals surface area contributed by atoms with Crippen LogP contribution in [0.4, 0.5) is 5.69 Å². The molecule has 1 aliphatic heterocycles. The van der Waals surface area contributed by atoms with Gasteiger partial charge in [-0.2, -0.15) is 0 Å². The van der Waals surface area contributed by atoms with Gasteiger partial charge in [0.05, 0.1) is 19.3 Å². The van der Waals surface area contributed by atoms with E-state index in [-0.39, 0.29) is 25.2 Å². The van der Waals surface area contributed by atoms with Gasteiger partial charge in [0.2, 0.25) is 0 Å². The molecule has 1 atom stereocenters. The summed E-state index contributed by atoms with van der Waals surface area (Å²) in [7, 11) is 0. The molecule has 2 aromatic rings. The van der Waals surface area contributed by atoms with Gasteiger partial charge in [-0.05, 0) is 42.0 Å². The van der Waals surface area contributed by atoms with Gasteiger partial charge in [0.1, 0.15) is 12.4 Å². The van der Waals surface area contributed by atoms with Crippen LogP contribution in [0.2, 0.25) is 0 Å². The summed E-state index contributed by atoms with van der Waals surface area (Å²) in [5.74, 6) is 0.387. The number of halogens is 1. The largest absolute Gasteiger partial charge is 0.489 e. The molecule has 7 heteroatoms. The molecule has 1 unspecified atom stereocenters. The first-order chi connectivity index (χ1) is 13.7. The zero-order valence-electron chi connectivity index (χ0n) is 15.4. The van der Waals surface area contributed by atoms with Gasteiger partial charge in [0.15, 0.2) is 0 Å². The van der Waals surface area contributed by atoms with Crippen molar-refractivity contribution in [1.29, 1.82) is 0 Å². The van der Waals surface area contributed by atoms with Crippen LogP contribution < -0.4 is 15.4 Å². The van der Waals surface area contributed by atoms with Gasteiger partial charge < -0.3 is 25.2 Å². The van der Waals surface area contributed by atoms with E-state index in [2.05, 4.69) is 10.6 Å². The molecule has 0 bridgehead atoms. The molecule has 1 heterocycles. The maximum atomic E-state index is 12.4. The number of amides is 1. The van der Waals surface area contributed by atoms with Gasteiger partial charge in [-0.25, -0.2) is 0 Å². The highest BCUT2D eigenvalue weighted by molar-refractivity contribution is 6.25. The Morgan fingerprint density at radius 3 is 2.61 bits per heavy atom. The average Bonchev–Trinajstić information content (AvgIpc) is 2.76. The fourth-order valence-electron chi connectivity index (χ4n) is 2.75. The van der Waals surface area contributed by atoms with Crippen LogP contribution in [-0.2, 0) is 4.74 Å². The molecule has 3 rings (SSSR count). The number of benzene rings is 2. The number of hydrogen-bond donors (Lipinski definition) is 3. The molecule has 2 aromatic carbocycles. The number of carbonyl (C=O) groups excluding carboxylic acids is 1. The molecule has 6 nitrogen and oxygen atoms in total. The number of hydrogen-bond acceptors (Lipinski definition) is 5. The Hall–Kier alpha value is -2.38. The van der Waals surface area contributed by atoms with E-state index in [9.17, 15) is 4.79 Å². The standard InChI is InChI=1S/C21H23ClN2O4/c22-11-15(13-25)14-28-19-7-3-17(4-8-19)21(26)24-18-5-1-16(2-6-18)20-12-23-9-10-27-20/h1-8,11,20,23,25H,9-10,12-14H2,(H,24,26)/b15-11-. The number of morpholine rings is 1. The molecule has 3 N–H and O–H groups in total. The number of anilines is 1. The van der Waals surface area contributed by atoms with Gasteiger partial charge in [-0.1, -0.05) is 23.7 Å². The molecular formula is C21H23ClN2O4. The fourth-order valence-corrected chi connectivity index (χ4v) is 2.89. The van der Waals surface area contributed by atoms with Gasteiger partial charge in [0, 0.05) is 35.4 Å². The Labute approximate surface area is 169 Å². The molecule has 0 aliphatic carbocycles. The summed E-state index contributed by atoms with van der Waals surface area (Å²) in [4.78, 5) is 12.4. The van der Waals surface area contributed by atoms with Crippen LogP contribution in [0.5, 0.6) is 5.75 Å². The van der Waals surface area contributed by atoms with Crippen molar-refractivity contribution in [1.82, 2.24) is 5.32 Å². The third-order valence-corrected chi connectivity index (χ3v) is 4.67. The van der Waals surface area contributed by atoms with Crippen molar-refractivity contribution >= 4 is 23.2 Å². The van der Waals surface area contributed by atoms with Crippen molar-refractivity contribution in [2.75, 3.05) is 38.2 Å². The minimum Gasteiger partial charge on any atom is -0.489 e. The Balaban J connectivity index is 1.55.